The summed E-state index contributed by atoms with van der Waals surface area (Å²) in [6.45, 7) is 5.51. The van der Waals surface area contributed by atoms with Gasteiger partial charge < -0.3 is 9.64 Å². The molecule has 3 rings (SSSR count). The van der Waals surface area contributed by atoms with Crippen LogP contribution in [0, 0.1) is 11.8 Å². The maximum absolute atomic E-state index is 12.3. The molecule has 1 fully saturated rings. The second kappa shape index (κ2) is 8.54. The fourth-order valence-electron chi connectivity index (χ4n) is 4.00. The summed E-state index contributed by atoms with van der Waals surface area (Å²) in [5.41, 5.74) is 0.788. The minimum absolute atomic E-state index is 0.0491. The van der Waals surface area contributed by atoms with Gasteiger partial charge in [-0.15, -0.1) is 0 Å². The Kier molecular flexibility index (Phi) is 6.11. The molecule has 1 saturated heterocycles. The molecule has 0 aliphatic carbocycles. The number of fused-ring (bicyclic) bond motifs is 1. The first-order chi connectivity index (χ1) is 13.4. The second-order valence-corrected chi connectivity index (χ2v) is 7.82. The van der Waals surface area contributed by atoms with Gasteiger partial charge in [-0.1, -0.05) is 26.0 Å². The van der Waals surface area contributed by atoms with Crippen molar-refractivity contribution in [2.45, 2.75) is 33.1 Å². The largest absolute Gasteiger partial charge is 0.456 e. The second-order valence-electron chi connectivity index (χ2n) is 7.82. The highest BCUT2D eigenvalue weighted by Crippen LogP contribution is 2.23. The molecule has 28 heavy (non-hydrogen) atoms. The Bertz CT molecular complexity index is 746. The predicted octanol–water partition coefficient (Wildman–Crippen LogP) is 2.11. The van der Waals surface area contributed by atoms with Crippen LogP contribution >= 0.6 is 0 Å². The van der Waals surface area contributed by atoms with Crippen LogP contribution in [0.2, 0.25) is 0 Å². The number of hydrogen-bond donors (Lipinski definition) is 0. The molecule has 2 aliphatic heterocycles. The van der Waals surface area contributed by atoms with E-state index in [0.717, 1.165) is 11.3 Å². The van der Waals surface area contributed by atoms with Crippen molar-refractivity contribution in [1.29, 1.82) is 0 Å². The van der Waals surface area contributed by atoms with E-state index in [0.29, 0.717) is 42.5 Å². The van der Waals surface area contributed by atoms with Crippen molar-refractivity contribution < 1.29 is 23.9 Å². The Morgan fingerprint density at radius 3 is 2.18 bits per heavy atom. The molecule has 2 heterocycles. The number of carbonyl (C=O) groups excluding carboxylic acids is 4. The average Bonchev–Trinajstić information content (AvgIpc) is 2.90. The molecule has 0 N–H and O–H groups in total. The third kappa shape index (κ3) is 4.40. The van der Waals surface area contributed by atoms with E-state index in [1.807, 2.05) is 0 Å². The Morgan fingerprint density at radius 1 is 1.04 bits per heavy atom. The van der Waals surface area contributed by atoms with Crippen LogP contribution in [0.4, 0.5) is 0 Å². The average molecular weight is 386 g/mol. The maximum atomic E-state index is 12.3. The number of esters is 1. The zero-order chi connectivity index (χ0) is 20.3. The molecule has 2 aliphatic rings. The Balaban J connectivity index is 1.40. The third-order valence-electron chi connectivity index (χ3n) is 5.22. The lowest BCUT2D eigenvalue weighted by Gasteiger charge is -2.34. The van der Waals surface area contributed by atoms with E-state index in [1.54, 1.807) is 29.2 Å². The lowest BCUT2D eigenvalue weighted by atomic mass is 9.92. The van der Waals surface area contributed by atoms with Crippen LogP contribution < -0.4 is 0 Å². The highest BCUT2D eigenvalue weighted by Gasteiger charge is 2.34. The molecule has 1 aromatic rings. The first-order valence-corrected chi connectivity index (χ1v) is 9.75. The molecule has 0 spiro atoms. The number of benzene rings is 1. The van der Waals surface area contributed by atoms with Crippen LogP contribution in [0.15, 0.2) is 24.3 Å². The van der Waals surface area contributed by atoms with E-state index >= 15 is 0 Å². The van der Waals surface area contributed by atoms with Crippen LogP contribution in [0.25, 0.3) is 0 Å². The standard InChI is InChI=1S/C21H26N2O5/c1-14-10-15(2)12-22(11-14)18(24)13-28-19(25)8-5-9-23-20(26)16-6-3-4-7-17(16)21(23)27/h3-4,6-7,14-15H,5,8-13H2,1-2H3/t14-,15-/m1/s1. The van der Waals surface area contributed by atoms with Gasteiger partial charge in [-0.2, -0.15) is 0 Å². The minimum Gasteiger partial charge on any atom is -0.456 e. The number of imide groups is 1. The summed E-state index contributed by atoms with van der Waals surface area (Å²) in [7, 11) is 0. The molecule has 0 radical (unpaired) electrons. The highest BCUT2D eigenvalue weighted by molar-refractivity contribution is 6.21. The summed E-state index contributed by atoms with van der Waals surface area (Å²) in [4.78, 5) is 51.6. The van der Waals surface area contributed by atoms with Gasteiger partial charge in [-0.25, -0.2) is 0 Å². The predicted molar refractivity (Wildman–Crippen MR) is 102 cm³/mol. The molecule has 0 unspecified atom stereocenters. The first kappa shape index (κ1) is 20.0. The molecule has 7 heteroatoms. The van der Waals surface area contributed by atoms with Crippen molar-refractivity contribution in [2.24, 2.45) is 11.8 Å². The summed E-state index contributed by atoms with van der Waals surface area (Å²) in [6.07, 6.45) is 1.45. The summed E-state index contributed by atoms with van der Waals surface area (Å²) in [5, 5.41) is 0. The summed E-state index contributed by atoms with van der Waals surface area (Å²) in [5.74, 6) is -0.448. The van der Waals surface area contributed by atoms with E-state index in [1.165, 1.54) is 0 Å². The Labute approximate surface area is 164 Å². The van der Waals surface area contributed by atoms with Crippen LogP contribution in [0.3, 0.4) is 0 Å². The Morgan fingerprint density at radius 2 is 1.61 bits per heavy atom. The number of rotatable bonds is 6. The van der Waals surface area contributed by atoms with Crippen molar-refractivity contribution in [1.82, 2.24) is 9.80 Å². The number of likely N-dealkylation sites (tertiary alicyclic amines) is 1. The monoisotopic (exact) mass is 386 g/mol. The third-order valence-corrected chi connectivity index (χ3v) is 5.22. The lowest BCUT2D eigenvalue weighted by Crippen LogP contribution is -2.44. The molecule has 2 atom stereocenters. The molecule has 0 aromatic heterocycles. The molecule has 0 saturated carbocycles. The number of carbonyl (C=O) groups is 4. The van der Waals surface area contributed by atoms with Gasteiger partial charge in [0.05, 0.1) is 11.1 Å². The lowest BCUT2D eigenvalue weighted by molar-refractivity contribution is -0.153. The maximum Gasteiger partial charge on any atom is 0.306 e. The van der Waals surface area contributed by atoms with E-state index in [-0.39, 0.29) is 37.3 Å². The van der Waals surface area contributed by atoms with E-state index < -0.39 is 5.97 Å². The van der Waals surface area contributed by atoms with Crippen LogP contribution in [-0.4, -0.2) is 59.7 Å². The van der Waals surface area contributed by atoms with Crippen LogP contribution in [0.5, 0.6) is 0 Å². The topological polar surface area (TPSA) is 84.0 Å². The van der Waals surface area contributed by atoms with Crippen LogP contribution in [0.1, 0.15) is 53.8 Å². The molecular weight excluding hydrogens is 360 g/mol. The van der Waals surface area contributed by atoms with Crippen molar-refractivity contribution in [2.75, 3.05) is 26.2 Å². The summed E-state index contributed by atoms with van der Waals surface area (Å²) >= 11 is 0. The van der Waals surface area contributed by atoms with Gasteiger partial charge in [-0.05, 0) is 36.8 Å². The smallest absolute Gasteiger partial charge is 0.306 e. The number of amides is 3. The first-order valence-electron chi connectivity index (χ1n) is 9.75. The van der Waals surface area contributed by atoms with Crippen molar-refractivity contribution >= 4 is 23.7 Å². The zero-order valence-electron chi connectivity index (χ0n) is 16.3. The van der Waals surface area contributed by atoms with E-state index in [4.69, 9.17) is 4.74 Å². The van der Waals surface area contributed by atoms with E-state index in [9.17, 15) is 19.2 Å². The molecule has 1 aromatic carbocycles. The SMILES string of the molecule is C[C@@H]1C[C@@H](C)CN(C(=O)COC(=O)CCCN2C(=O)c3ccccc3C2=O)C1. The van der Waals surface area contributed by atoms with Crippen LogP contribution in [-0.2, 0) is 14.3 Å². The van der Waals surface area contributed by atoms with Gasteiger partial charge >= 0.3 is 5.97 Å². The van der Waals surface area contributed by atoms with Crippen molar-refractivity contribution in [3.8, 4) is 0 Å². The highest BCUT2D eigenvalue weighted by atomic mass is 16.5. The number of piperidine rings is 1. The number of nitrogens with zero attached hydrogens (tertiary/aromatic N) is 2. The fourth-order valence-corrected chi connectivity index (χ4v) is 4.00. The van der Waals surface area contributed by atoms with Gasteiger partial charge in [-0.3, -0.25) is 24.1 Å². The van der Waals surface area contributed by atoms with Gasteiger partial charge in [0, 0.05) is 26.1 Å². The fraction of sp³-hybridized carbons (Fsp3) is 0.524. The normalized spacial score (nSPS) is 21.6. The molecule has 7 nitrogen and oxygen atoms in total. The zero-order valence-corrected chi connectivity index (χ0v) is 16.3. The minimum atomic E-state index is -0.497. The van der Waals surface area contributed by atoms with Gasteiger partial charge in [0.1, 0.15) is 0 Å². The molecule has 0 bridgehead atoms. The van der Waals surface area contributed by atoms with Gasteiger partial charge in [0.25, 0.3) is 17.7 Å². The van der Waals surface area contributed by atoms with Gasteiger partial charge in [0.15, 0.2) is 6.61 Å². The quantitative estimate of drug-likeness (QED) is 0.552. The number of ether oxygens (including phenoxy) is 1. The molecular formula is C21H26N2O5. The molecule has 150 valence electrons. The Hall–Kier alpha value is -2.70. The number of hydrogen-bond acceptors (Lipinski definition) is 5. The summed E-state index contributed by atoms with van der Waals surface area (Å²) in [6, 6.07) is 6.67. The van der Waals surface area contributed by atoms with Crippen molar-refractivity contribution in [3.63, 3.8) is 0 Å². The van der Waals surface area contributed by atoms with E-state index in [2.05, 4.69) is 13.8 Å². The summed E-state index contributed by atoms with van der Waals surface area (Å²) < 4.78 is 5.09. The van der Waals surface area contributed by atoms with Crippen molar-refractivity contribution in [3.05, 3.63) is 35.4 Å². The van der Waals surface area contributed by atoms with Gasteiger partial charge in [0.2, 0.25) is 0 Å². The molecule has 3 amide bonds.